The van der Waals surface area contributed by atoms with Gasteiger partial charge in [0.05, 0.1) is 23.7 Å². The number of aliphatic hydroxyl groups excluding tert-OH is 1. The fourth-order valence-corrected chi connectivity index (χ4v) is 4.00. The van der Waals surface area contributed by atoms with Crippen molar-refractivity contribution in [2.45, 2.75) is 11.8 Å². The molecule has 112 valence electrons. The summed E-state index contributed by atoms with van der Waals surface area (Å²) in [6.45, 7) is 1.38. The highest BCUT2D eigenvalue weighted by atomic mass is 35.5. The van der Waals surface area contributed by atoms with Gasteiger partial charge < -0.3 is 5.11 Å². The van der Waals surface area contributed by atoms with Gasteiger partial charge >= 0.3 is 0 Å². The Morgan fingerprint density at radius 3 is 2.38 bits per heavy atom. The molecule has 0 amide bonds. The van der Waals surface area contributed by atoms with Crippen LogP contribution < -0.4 is 4.31 Å². The van der Waals surface area contributed by atoms with Gasteiger partial charge in [-0.25, -0.2) is 8.42 Å². The zero-order valence-corrected chi connectivity index (χ0v) is 13.1. The van der Waals surface area contributed by atoms with Crippen molar-refractivity contribution in [3.05, 3.63) is 59.1 Å². The SMILES string of the molecule is Cc1c(Cl)cccc1S(=O)(=O)N(CCO)c1ccccc1. The second-order valence-electron chi connectivity index (χ2n) is 4.50. The van der Waals surface area contributed by atoms with Crippen LogP contribution >= 0.6 is 11.6 Å². The van der Waals surface area contributed by atoms with Crippen molar-refractivity contribution in [2.75, 3.05) is 17.5 Å². The van der Waals surface area contributed by atoms with Crippen LogP contribution in [0.3, 0.4) is 0 Å². The van der Waals surface area contributed by atoms with Gasteiger partial charge in [-0.05, 0) is 36.8 Å². The van der Waals surface area contributed by atoms with Crippen molar-refractivity contribution in [1.82, 2.24) is 0 Å². The molecule has 21 heavy (non-hydrogen) atoms. The van der Waals surface area contributed by atoms with E-state index in [-0.39, 0.29) is 18.0 Å². The molecule has 0 aliphatic carbocycles. The molecule has 0 heterocycles. The second kappa shape index (κ2) is 6.47. The highest BCUT2D eigenvalue weighted by Gasteiger charge is 2.26. The monoisotopic (exact) mass is 325 g/mol. The van der Waals surface area contributed by atoms with Gasteiger partial charge in [-0.15, -0.1) is 0 Å². The maximum atomic E-state index is 12.9. The van der Waals surface area contributed by atoms with Gasteiger partial charge in [0.25, 0.3) is 10.0 Å². The number of hydrogen-bond donors (Lipinski definition) is 1. The van der Waals surface area contributed by atoms with Crippen LogP contribution in [-0.2, 0) is 10.0 Å². The molecule has 1 N–H and O–H groups in total. The molecular formula is C15H16ClNO3S. The summed E-state index contributed by atoms with van der Waals surface area (Å²) >= 11 is 6.02. The lowest BCUT2D eigenvalue weighted by atomic mass is 10.2. The minimum absolute atomic E-state index is 0.0156. The molecule has 0 unspecified atom stereocenters. The maximum absolute atomic E-state index is 12.9. The quantitative estimate of drug-likeness (QED) is 0.919. The highest BCUT2D eigenvalue weighted by molar-refractivity contribution is 7.92. The minimum Gasteiger partial charge on any atom is -0.394 e. The number of sulfonamides is 1. The fraction of sp³-hybridized carbons (Fsp3) is 0.200. The van der Waals surface area contributed by atoms with Crippen molar-refractivity contribution in [2.24, 2.45) is 0 Å². The molecule has 0 saturated heterocycles. The van der Waals surface area contributed by atoms with Gasteiger partial charge in [0.2, 0.25) is 0 Å². The Balaban J connectivity index is 2.56. The third kappa shape index (κ3) is 3.20. The van der Waals surface area contributed by atoms with Crippen LogP contribution in [0.5, 0.6) is 0 Å². The Morgan fingerprint density at radius 2 is 1.76 bits per heavy atom. The van der Waals surface area contributed by atoms with Crippen LogP contribution in [0.25, 0.3) is 0 Å². The molecule has 2 aromatic rings. The molecule has 0 radical (unpaired) electrons. The van der Waals surface area contributed by atoms with E-state index in [4.69, 9.17) is 11.6 Å². The van der Waals surface area contributed by atoms with E-state index in [0.29, 0.717) is 16.3 Å². The third-order valence-corrected chi connectivity index (χ3v) is 5.51. The Labute approximate surface area is 129 Å². The van der Waals surface area contributed by atoms with Gasteiger partial charge in [0.15, 0.2) is 0 Å². The van der Waals surface area contributed by atoms with Crippen molar-refractivity contribution in [3.8, 4) is 0 Å². The van der Waals surface area contributed by atoms with E-state index in [1.165, 1.54) is 10.4 Å². The number of benzene rings is 2. The lowest BCUT2D eigenvalue weighted by Crippen LogP contribution is -2.34. The second-order valence-corrected chi connectivity index (χ2v) is 6.74. The summed E-state index contributed by atoms with van der Waals surface area (Å²) in [6.07, 6.45) is 0. The van der Waals surface area contributed by atoms with E-state index in [1.807, 2.05) is 0 Å². The predicted molar refractivity (Wildman–Crippen MR) is 84.2 cm³/mol. The number of aliphatic hydroxyl groups is 1. The average Bonchev–Trinajstić information content (AvgIpc) is 2.48. The van der Waals surface area contributed by atoms with E-state index in [9.17, 15) is 13.5 Å². The summed E-state index contributed by atoms with van der Waals surface area (Å²) in [5, 5.41) is 9.60. The molecular weight excluding hydrogens is 310 g/mol. The summed E-state index contributed by atoms with van der Waals surface area (Å²) < 4.78 is 26.9. The molecule has 0 aliphatic rings. The fourth-order valence-electron chi connectivity index (χ4n) is 2.06. The number of halogens is 1. The molecule has 0 saturated carbocycles. The standard InChI is InChI=1S/C15H16ClNO3S/c1-12-14(16)8-5-9-15(12)21(19,20)17(10-11-18)13-6-3-2-4-7-13/h2-9,18H,10-11H2,1H3. The number of rotatable bonds is 5. The molecule has 4 nitrogen and oxygen atoms in total. The molecule has 0 fully saturated rings. The molecule has 2 aromatic carbocycles. The van der Waals surface area contributed by atoms with Gasteiger partial charge in [0, 0.05) is 5.02 Å². The lowest BCUT2D eigenvalue weighted by Gasteiger charge is -2.24. The first-order valence-electron chi connectivity index (χ1n) is 6.42. The van der Waals surface area contributed by atoms with Crippen molar-refractivity contribution >= 4 is 27.3 Å². The third-order valence-electron chi connectivity index (χ3n) is 3.13. The first-order chi connectivity index (χ1) is 9.98. The Hall–Kier alpha value is -1.56. The van der Waals surface area contributed by atoms with Gasteiger partial charge in [-0.1, -0.05) is 35.9 Å². The van der Waals surface area contributed by atoms with Crippen molar-refractivity contribution in [1.29, 1.82) is 0 Å². The topological polar surface area (TPSA) is 57.6 Å². The van der Waals surface area contributed by atoms with Gasteiger partial charge in [-0.3, -0.25) is 4.31 Å². The number of anilines is 1. The highest BCUT2D eigenvalue weighted by Crippen LogP contribution is 2.28. The number of para-hydroxylation sites is 1. The molecule has 0 spiro atoms. The van der Waals surface area contributed by atoms with E-state index in [2.05, 4.69) is 0 Å². The average molecular weight is 326 g/mol. The lowest BCUT2D eigenvalue weighted by molar-refractivity contribution is 0.306. The zero-order valence-electron chi connectivity index (χ0n) is 11.5. The summed E-state index contributed by atoms with van der Waals surface area (Å²) in [4.78, 5) is 0.146. The van der Waals surface area contributed by atoms with Crippen LogP contribution in [0.1, 0.15) is 5.56 Å². The molecule has 0 bridgehead atoms. The van der Waals surface area contributed by atoms with Crippen LogP contribution in [0.15, 0.2) is 53.4 Å². The molecule has 0 aliphatic heterocycles. The maximum Gasteiger partial charge on any atom is 0.264 e. The van der Waals surface area contributed by atoms with Crippen molar-refractivity contribution < 1.29 is 13.5 Å². The number of nitrogens with zero attached hydrogens (tertiary/aromatic N) is 1. The van der Waals surface area contributed by atoms with Crippen molar-refractivity contribution in [3.63, 3.8) is 0 Å². The molecule has 6 heteroatoms. The van der Waals surface area contributed by atoms with E-state index >= 15 is 0 Å². The number of hydrogen-bond acceptors (Lipinski definition) is 3. The summed E-state index contributed by atoms with van der Waals surface area (Å²) in [5.74, 6) is 0. The summed E-state index contributed by atoms with van der Waals surface area (Å²) in [6, 6.07) is 13.4. The minimum atomic E-state index is -3.78. The first kappa shape index (κ1) is 15.8. The summed E-state index contributed by atoms with van der Waals surface area (Å²) in [5.41, 5.74) is 1.00. The van der Waals surface area contributed by atoms with Gasteiger partial charge in [0.1, 0.15) is 0 Å². The molecule has 0 atom stereocenters. The Morgan fingerprint density at radius 1 is 1.10 bits per heavy atom. The largest absolute Gasteiger partial charge is 0.394 e. The van der Waals surface area contributed by atoms with Crippen LogP contribution in [0, 0.1) is 6.92 Å². The van der Waals surface area contributed by atoms with E-state index in [1.54, 1.807) is 49.4 Å². The van der Waals surface area contributed by atoms with Crippen LogP contribution in [-0.4, -0.2) is 26.7 Å². The Kier molecular flexibility index (Phi) is 4.88. The van der Waals surface area contributed by atoms with Gasteiger partial charge in [-0.2, -0.15) is 0 Å². The Bertz CT molecular complexity index is 717. The predicted octanol–water partition coefficient (Wildman–Crippen LogP) is 2.84. The smallest absolute Gasteiger partial charge is 0.264 e. The van der Waals surface area contributed by atoms with Crippen LogP contribution in [0.4, 0.5) is 5.69 Å². The van der Waals surface area contributed by atoms with E-state index < -0.39 is 10.0 Å². The molecule has 2 rings (SSSR count). The first-order valence-corrected chi connectivity index (χ1v) is 8.24. The summed E-state index contributed by atoms with van der Waals surface area (Å²) in [7, 11) is -3.78. The van der Waals surface area contributed by atoms with Crippen LogP contribution in [0.2, 0.25) is 5.02 Å². The normalized spacial score (nSPS) is 11.4. The molecule has 0 aromatic heterocycles. The van der Waals surface area contributed by atoms with E-state index in [0.717, 1.165) is 0 Å². The zero-order chi connectivity index (χ0) is 15.5.